The first kappa shape index (κ1) is 17.4. The van der Waals surface area contributed by atoms with Gasteiger partial charge in [0, 0.05) is 20.6 Å². The summed E-state index contributed by atoms with van der Waals surface area (Å²) in [6.07, 6.45) is 4.92. The number of aliphatic hydroxyl groups is 2. The molecule has 2 N–H and O–H groups in total. The first-order valence-electron chi connectivity index (χ1n) is 7.90. The van der Waals surface area contributed by atoms with Gasteiger partial charge in [0.1, 0.15) is 0 Å². The molecule has 0 amide bonds. The van der Waals surface area contributed by atoms with Crippen LogP contribution in [-0.2, 0) is 20.6 Å². The highest BCUT2D eigenvalue weighted by atomic mass is 16.5. The summed E-state index contributed by atoms with van der Waals surface area (Å²) in [6, 6.07) is 0. The summed E-state index contributed by atoms with van der Waals surface area (Å²) in [5.41, 5.74) is 0.196. The molecule has 2 aromatic heterocycles. The Morgan fingerprint density at radius 1 is 1.09 bits per heavy atom. The number of aliphatic hydroxyl groups excluding tert-OH is 1. The van der Waals surface area contributed by atoms with Crippen LogP contribution in [0.1, 0.15) is 38.5 Å². The van der Waals surface area contributed by atoms with Crippen molar-refractivity contribution in [2.24, 2.45) is 14.1 Å². The Hall–Kier alpha value is -1.93. The number of rotatable bonds is 8. The van der Waals surface area contributed by atoms with Crippen molar-refractivity contribution in [3.8, 4) is 0 Å². The van der Waals surface area contributed by atoms with Crippen LogP contribution in [0, 0.1) is 0 Å². The van der Waals surface area contributed by atoms with E-state index in [0.717, 1.165) is 32.1 Å². The van der Waals surface area contributed by atoms with Crippen LogP contribution in [0.3, 0.4) is 0 Å². The molecule has 0 atom stereocenters. The third kappa shape index (κ3) is 3.89. The Bertz CT molecular complexity index is 772. The fourth-order valence-corrected chi connectivity index (χ4v) is 2.72. The van der Waals surface area contributed by atoms with Crippen LogP contribution in [-0.4, -0.2) is 35.2 Å². The summed E-state index contributed by atoms with van der Waals surface area (Å²) in [6.45, 7) is 0.384. The van der Waals surface area contributed by atoms with Crippen molar-refractivity contribution < 1.29 is 10.2 Å². The van der Waals surface area contributed by atoms with Gasteiger partial charge in [-0.15, -0.1) is 0 Å². The van der Waals surface area contributed by atoms with Gasteiger partial charge in [0.15, 0.2) is 17.5 Å². The molecule has 0 aliphatic rings. The third-order valence-electron chi connectivity index (χ3n) is 4.05. The Morgan fingerprint density at radius 2 is 1.74 bits per heavy atom. The Kier molecular flexibility index (Phi) is 5.73. The molecule has 128 valence electrons. The van der Waals surface area contributed by atoms with E-state index >= 15 is 0 Å². The second-order valence-electron chi connectivity index (χ2n) is 5.86. The van der Waals surface area contributed by atoms with E-state index in [4.69, 9.17) is 10.2 Å². The second-order valence-corrected chi connectivity index (χ2v) is 5.86. The van der Waals surface area contributed by atoms with E-state index in [-0.39, 0.29) is 11.2 Å². The van der Waals surface area contributed by atoms with Gasteiger partial charge in [0.2, 0.25) is 0 Å². The zero-order chi connectivity index (χ0) is 17.0. The zero-order valence-corrected chi connectivity index (χ0v) is 13.6. The van der Waals surface area contributed by atoms with Gasteiger partial charge in [-0.1, -0.05) is 19.3 Å². The van der Waals surface area contributed by atoms with Crippen molar-refractivity contribution >= 4 is 11.2 Å². The predicted molar refractivity (Wildman–Crippen MR) is 86.1 cm³/mol. The molecule has 0 aliphatic heterocycles. The summed E-state index contributed by atoms with van der Waals surface area (Å²) in [7, 11) is 3.36. The quantitative estimate of drug-likeness (QED) is 0.529. The molecule has 0 saturated carbocycles. The van der Waals surface area contributed by atoms with Crippen LogP contribution < -0.4 is 11.2 Å². The van der Waals surface area contributed by atoms with Crippen LogP contribution in [0.2, 0.25) is 0 Å². The molecule has 2 heterocycles. The minimum Gasteiger partial charge on any atom is -0.368 e. The Morgan fingerprint density at radius 3 is 2.43 bits per heavy atom. The van der Waals surface area contributed by atoms with E-state index in [1.807, 2.05) is 0 Å². The molecule has 0 radical (unpaired) electrons. The molecule has 0 fully saturated rings. The van der Waals surface area contributed by atoms with Crippen LogP contribution in [0.15, 0.2) is 15.9 Å². The second kappa shape index (κ2) is 7.56. The van der Waals surface area contributed by atoms with Crippen LogP contribution in [0.5, 0.6) is 0 Å². The molecule has 0 aliphatic carbocycles. The molecule has 0 unspecified atom stereocenters. The monoisotopic (exact) mass is 324 g/mol. The van der Waals surface area contributed by atoms with Gasteiger partial charge >= 0.3 is 5.69 Å². The fraction of sp³-hybridized carbons (Fsp3) is 0.667. The van der Waals surface area contributed by atoms with E-state index in [1.165, 1.54) is 15.5 Å². The van der Waals surface area contributed by atoms with Crippen molar-refractivity contribution in [2.75, 3.05) is 0 Å². The lowest BCUT2D eigenvalue weighted by atomic mass is 10.1. The number of hydrogen-bond donors (Lipinski definition) is 2. The lowest BCUT2D eigenvalue weighted by molar-refractivity contribution is -0.0466. The molecule has 0 bridgehead atoms. The third-order valence-corrected chi connectivity index (χ3v) is 4.05. The summed E-state index contributed by atoms with van der Waals surface area (Å²) in [5.74, 6) is 0. The van der Waals surface area contributed by atoms with Gasteiger partial charge in [0.05, 0.1) is 6.33 Å². The first-order chi connectivity index (χ1) is 10.9. The van der Waals surface area contributed by atoms with Crippen LogP contribution in [0.4, 0.5) is 0 Å². The average molecular weight is 324 g/mol. The molecule has 0 aromatic carbocycles. The zero-order valence-electron chi connectivity index (χ0n) is 13.6. The molecular weight excluding hydrogens is 300 g/mol. The fourth-order valence-electron chi connectivity index (χ4n) is 2.72. The van der Waals surface area contributed by atoms with E-state index in [2.05, 4.69) is 4.98 Å². The predicted octanol–water partition coefficient (Wildman–Crippen LogP) is 0.0850. The maximum Gasteiger partial charge on any atom is 0.332 e. The normalized spacial score (nSPS) is 11.7. The topological polar surface area (TPSA) is 102 Å². The first-order valence-corrected chi connectivity index (χ1v) is 7.90. The van der Waals surface area contributed by atoms with Crippen molar-refractivity contribution in [2.45, 2.75) is 51.4 Å². The van der Waals surface area contributed by atoms with Gasteiger partial charge in [-0.2, -0.15) is 0 Å². The summed E-state index contributed by atoms with van der Waals surface area (Å²) in [4.78, 5) is 28.8. The van der Waals surface area contributed by atoms with Crippen molar-refractivity contribution in [3.05, 3.63) is 27.2 Å². The van der Waals surface area contributed by atoms with Gasteiger partial charge in [-0.25, -0.2) is 9.78 Å². The minimum atomic E-state index is -1.23. The molecule has 0 saturated heterocycles. The molecule has 23 heavy (non-hydrogen) atoms. The molecule has 0 spiro atoms. The number of imidazole rings is 1. The minimum absolute atomic E-state index is 0.300. The van der Waals surface area contributed by atoms with Crippen LogP contribution >= 0.6 is 0 Å². The summed E-state index contributed by atoms with van der Waals surface area (Å²) >= 11 is 0. The van der Waals surface area contributed by atoms with Gasteiger partial charge in [-0.3, -0.25) is 13.9 Å². The number of aromatic nitrogens is 4. The molecule has 8 heteroatoms. The van der Waals surface area contributed by atoms with E-state index in [0.29, 0.717) is 24.1 Å². The lowest BCUT2D eigenvalue weighted by Crippen LogP contribution is -2.39. The van der Waals surface area contributed by atoms with Crippen molar-refractivity contribution in [1.82, 2.24) is 18.7 Å². The summed E-state index contributed by atoms with van der Waals surface area (Å²) in [5, 5.41) is 17.5. The van der Waals surface area contributed by atoms with Gasteiger partial charge in [0.25, 0.3) is 5.56 Å². The molecular formula is C15H24N4O4. The molecule has 2 rings (SSSR count). The van der Waals surface area contributed by atoms with E-state index < -0.39 is 6.29 Å². The average Bonchev–Trinajstić information content (AvgIpc) is 2.89. The van der Waals surface area contributed by atoms with Crippen LogP contribution in [0.25, 0.3) is 11.2 Å². The highest BCUT2D eigenvalue weighted by molar-refractivity contribution is 5.69. The highest BCUT2D eigenvalue weighted by Gasteiger charge is 2.14. The maximum atomic E-state index is 12.5. The highest BCUT2D eigenvalue weighted by Crippen LogP contribution is 2.08. The van der Waals surface area contributed by atoms with E-state index in [1.54, 1.807) is 18.7 Å². The number of nitrogens with zero attached hydrogens (tertiary/aromatic N) is 4. The number of unbranched alkanes of at least 4 members (excludes halogenated alkanes) is 4. The Labute approximate surface area is 133 Å². The standard InChI is InChI=1S/C15H24N4O4/c1-17-10-16-13-12(17)14(22)19(15(23)18(13)2)9-7-5-3-4-6-8-11(20)21/h10-11,20-21H,3-9H2,1-2H3. The smallest absolute Gasteiger partial charge is 0.332 e. The maximum absolute atomic E-state index is 12.5. The lowest BCUT2D eigenvalue weighted by Gasteiger charge is -2.08. The van der Waals surface area contributed by atoms with Crippen molar-refractivity contribution in [3.63, 3.8) is 0 Å². The number of aryl methyl sites for hydroxylation is 2. The van der Waals surface area contributed by atoms with Gasteiger partial charge in [-0.05, 0) is 19.3 Å². The van der Waals surface area contributed by atoms with Gasteiger partial charge < -0.3 is 14.8 Å². The number of fused-ring (bicyclic) bond motifs is 1. The number of hydrogen-bond acceptors (Lipinski definition) is 5. The Balaban J connectivity index is 2.00. The molecule has 8 nitrogen and oxygen atoms in total. The van der Waals surface area contributed by atoms with E-state index in [9.17, 15) is 9.59 Å². The largest absolute Gasteiger partial charge is 0.368 e. The molecule has 2 aromatic rings. The SMILES string of the molecule is Cn1cnc2c1c(=O)n(CCCCCCCC(O)O)c(=O)n2C. The van der Waals surface area contributed by atoms with Crippen molar-refractivity contribution in [1.29, 1.82) is 0 Å². The summed E-state index contributed by atoms with van der Waals surface area (Å²) < 4.78 is 4.30.